The lowest BCUT2D eigenvalue weighted by Gasteiger charge is -2.18. The Morgan fingerprint density at radius 3 is 2.61 bits per heavy atom. The summed E-state index contributed by atoms with van der Waals surface area (Å²) < 4.78 is 0. The topological polar surface area (TPSA) is 137 Å². The summed E-state index contributed by atoms with van der Waals surface area (Å²) in [6, 6.07) is 0. The lowest BCUT2D eigenvalue weighted by Crippen LogP contribution is -2.23. The molecule has 0 fully saturated rings. The van der Waals surface area contributed by atoms with E-state index in [0.29, 0.717) is 0 Å². The SMILES string of the molecule is Cc1c(C(O)C(O)CCO)c[nH]c(=O)c1[N+](=O)[O-]. The lowest BCUT2D eigenvalue weighted by atomic mass is 9.99. The number of rotatable bonds is 5. The number of hydrogen-bond donors (Lipinski definition) is 4. The van der Waals surface area contributed by atoms with Crippen LogP contribution in [0.1, 0.15) is 23.7 Å². The van der Waals surface area contributed by atoms with Crippen molar-refractivity contribution in [2.75, 3.05) is 6.61 Å². The molecule has 0 aliphatic rings. The van der Waals surface area contributed by atoms with Crippen molar-refractivity contribution < 1.29 is 20.2 Å². The fraction of sp³-hybridized carbons (Fsp3) is 0.500. The highest BCUT2D eigenvalue weighted by atomic mass is 16.6. The highest BCUT2D eigenvalue weighted by molar-refractivity contribution is 5.42. The van der Waals surface area contributed by atoms with Crippen LogP contribution in [0.2, 0.25) is 0 Å². The number of aliphatic hydroxyl groups is 3. The second-order valence-corrected chi connectivity index (χ2v) is 3.83. The molecule has 0 bridgehead atoms. The quantitative estimate of drug-likeness (QED) is 0.410. The van der Waals surface area contributed by atoms with Crippen molar-refractivity contribution in [1.29, 1.82) is 0 Å². The van der Waals surface area contributed by atoms with E-state index in [1.54, 1.807) is 0 Å². The minimum Gasteiger partial charge on any atom is -0.396 e. The number of hydrogen-bond acceptors (Lipinski definition) is 6. The molecule has 8 nitrogen and oxygen atoms in total. The second-order valence-electron chi connectivity index (χ2n) is 3.83. The van der Waals surface area contributed by atoms with E-state index in [-0.39, 0.29) is 24.2 Å². The third-order valence-electron chi connectivity index (χ3n) is 2.65. The van der Waals surface area contributed by atoms with Crippen LogP contribution in [-0.2, 0) is 0 Å². The second kappa shape index (κ2) is 5.71. The molecule has 0 radical (unpaired) electrons. The number of nitro groups is 1. The Kier molecular flexibility index (Phi) is 4.54. The minimum absolute atomic E-state index is 0.00626. The van der Waals surface area contributed by atoms with E-state index in [0.717, 1.165) is 6.20 Å². The van der Waals surface area contributed by atoms with E-state index in [9.17, 15) is 25.1 Å². The molecule has 18 heavy (non-hydrogen) atoms. The largest absolute Gasteiger partial charge is 0.396 e. The molecule has 1 aromatic rings. The number of aliphatic hydroxyl groups excluding tert-OH is 3. The molecule has 0 aliphatic heterocycles. The third-order valence-corrected chi connectivity index (χ3v) is 2.65. The molecule has 1 heterocycles. The zero-order valence-corrected chi connectivity index (χ0v) is 9.66. The normalized spacial score (nSPS) is 14.2. The monoisotopic (exact) mass is 258 g/mol. The highest BCUT2D eigenvalue weighted by Crippen LogP contribution is 2.25. The maximum Gasteiger partial charge on any atom is 0.337 e. The van der Waals surface area contributed by atoms with Gasteiger partial charge in [0.05, 0.1) is 11.0 Å². The Morgan fingerprint density at radius 2 is 2.11 bits per heavy atom. The van der Waals surface area contributed by atoms with Crippen LogP contribution in [0.3, 0.4) is 0 Å². The summed E-state index contributed by atoms with van der Waals surface area (Å²) in [5.74, 6) is 0. The highest BCUT2D eigenvalue weighted by Gasteiger charge is 2.26. The molecule has 100 valence electrons. The summed E-state index contributed by atoms with van der Waals surface area (Å²) in [4.78, 5) is 23.3. The molecule has 2 unspecified atom stereocenters. The predicted molar refractivity (Wildman–Crippen MR) is 61.1 cm³/mol. The summed E-state index contributed by atoms with van der Waals surface area (Å²) in [6.45, 7) is 0.986. The maximum atomic E-state index is 11.3. The molecule has 8 heteroatoms. The zero-order chi connectivity index (χ0) is 13.9. The Morgan fingerprint density at radius 1 is 1.50 bits per heavy atom. The Labute approximate surface area is 102 Å². The van der Waals surface area contributed by atoms with Crippen LogP contribution in [0.25, 0.3) is 0 Å². The number of pyridine rings is 1. The maximum absolute atomic E-state index is 11.3. The van der Waals surface area contributed by atoms with Crippen LogP contribution in [0, 0.1) is 17.0 Å². The molecule has 0 aromatic carbocycles. The van der Waals surface area contributed by atoms with E-state index >= 15 is 0 Å². The van der Waals surface area contributed by atoms with Crippen molar-refractivity contribution in [2.24, 2.45) is 0 Å². The van der Waals surface area contributed by atoms with Gasteiger partial charge in [-0.3, -0.25) is 14.9 Å². The van der Waals surface area contributed by atoms with Crippen LogP contribution >= 0.6 is 0 Å². The van der Waals surface area contributed by atoms with Gasteiger partial charge in [-0.15, -0.1) is 0 Å². The van der Waals surface area contributed by atoms with E-state index in [4.69, 9.17) is 5.11 Å². The Hall–Kier alpha value is -1.77. The van der Waals surface area contributed by atoms with Gasteiger partial charge < -0.3 is 20.3 Å². The van der Waals surface area contributed by atoms with Gasteiger partial charge in [0.1, 0.15) is 6.10 Å². The van der Waals surface area contributed by atoms with Crippen molar-refractivity contribution in [1.82, 2.24) is 4.98 Å². The van der Waals surface area contributed by atoms with Gasteiger partial charge in [-0.25, -0.2) is 0 Å². The molecule has 0 saturated carbocycles. The van der Waals surface area contributed by atoms with E-state index in [1.807, 2.05) is 0 Å². The number of nitrogens with zero attached hydrogens (tertiary/aromatic N) is 1. The first-order valence-corrected chi connectivity index (χ1v) is 5.23. The van der Waals surface area contributed by atoms with E-state index in [1.165, 1.54) is 6.92 Å². The van der Waals surface area contributed by atoms with Gasteiger partial charge in [0.2, 0.25) is 0 Å². The number of aromatic amines is 1. The fourth-order valence-corrected chi connectivity index (χ4v) is 1.65. The minimum atomic E-state index is -1.41. The average molecular weight is 258 g/mol. The smallest absolute Gasteiger partial charge is 0.337 e. The van der Waals surface area contributed by atoms with Crippen LogP contribution in [-0.4, -0.2) is 37.9 Å². The number of aromatic nitrogens is 1. The standard InChI is InChI=1S/C10H14N2O6/c1-5-6(9(15)7(14)2-3-13)4-11-10(16)8(5)12(17)18/h4,7,9,13-15H,2-3H2,1H3,(H,11,16). The first kappa shape index (κ1) is 14.3. The molecular formula is C10H14N2O6. The molecule has 0 amide bonds. The van der Waals surface area contributed by atoms with Gasteiger partial charge in [-0.2, -0.15) is 0 Å². The molecular weight excluding hydrogens is 244 g/mol. The summed E-state index contributed by atoms with van der Waals surface area (Å²) in [6.07, 6.45) is -1.63. The summed E-state index contributed by atoms with van der Waals surface area (Å²) in [5.41, 5.74) is -1.48. The van der Waals surface area contributed by atoms with Crippen LogP contribution in [0.15, 0.2) is 11.0 Å². The molecule has 2 atom stereocenters. The number of nitrogens with one attached hydrogen (secondary N) is 1. The fourth-order valence-electron chi connectivity index (χ4n) is 1.65. The van der Waals surface area contributed by atoms with Crippen molar-refractivity contribution in [3.05, 3.63) is 37.8 Å². The molecule has 1 aromatic heterocycles. The van der Waals surface area contributed by atoms with Crippen LogP contribution < -0.4 is 5.56 Å². The van der Waals surface area contributed by atoms with Crippen LogP contribution in [0.5, 0.6) is 0 Å². The van der Waals surface area contributed by atoms with Crippen molar-refractivity contribution in [3.63, 3.8) is 0 Å². The Balaban J connectivity index is 3.23. The Bertz CT molecular complexity index is 498. The third kappa shape index (κ3) is 2.73. The number of H-pyrrole nitrogens is 1. The first-order chi connectivity index (χ1) is 8.40. The molecule has 0 spiro atoms. The average Bonchev–Trinajstić information content (AvgIpc) is 2.28. The van der Waals surface area contributed by atoms with Gasteiger partial charge >= 0.3 is 11.2 Å². The van der Waals surface area contributed by atoms with Crippen LogP contribution in [0.4, 0.5) is 5.69 Å². The van der Waals surface area contributed by atoms with E-state index in [2.05, 4.69) is 4.98 Å². The van der Waals surface area contributed by atoms with Crippen molar-refractivity contribution >= 4 is 5.69 Å². The van der Waals surface area contributed by atoms with Gasteiger partial charge in [0.15, 0.2) is 0 Å². The van der Waals surface area contributed by atoms with Gasteiger partial charge in [-0.05, 0) is 13.3 Å². The lowest BCUT2D eigenvalue weighted by molar-refractivity contribution is -0.387. The van der Waals surface area contributed by atoms with Gasteiger partial charge in [0, 0.05) is 23.9 Å². The molecule has 0 saturated heterocycles. The van der Waals surface area contributed by atoms with Crippen molar-refractivity contribution in [2.45, 2.75) is 25.6 Å². The predicted octanol–water partition coefficient (Wildman–Crippen LogP) is -0.632. The zero-order valence-electron chi connectivity index (χ0n) is 9.66. The summed E-state index contributed by atoms with van der Waals surface area (Å²) in [7, 11) is 0. The molecule has 0 aliphatic carbocycles. The molecule has 4 N–H and O–H groups in total. The van der Waals surface area contributed by atoms with E-state index < -0.39 is 28.4 Å². The molecule has 1 rings (SSSR count). The van der Waals surface area contributed by atoms with Gasteiger partial charge in [0.25, 0.3) is 0 Å². The van der Waals surface area contributed by atoms with Crippen molar-refractivity contribution in [3.8, 4) is 0 Å². The summed E-state index contributed by atoms with van der Waals surface area (Å²) >= 11 is 0. The van der Waals surface area contributed by atoms with Gasteiger partial charge in [-0.1, -0.05) is 0 Å². The summed E-state index contributed by atoms with van der Waals surface area (Å²) in [5, 5.41) is 38.7. The first-order valence-electron chi connectivity index (χ1n) is 5.23.